The molecule has 0 aromatic heterocycles. The predicted octanol–water partition coefficient (Wildman–Crippen LogP) is 5.99. The van der Waals surface area contributed by atoms with E-state index in [1.807, 2.05) is 5.32 Å². The fourth-order valence-electron chi connectivity index (χ4n) is 1.97. The van der Waals surface area contributed by atoms with Gasteiger partial charge in [0.15, 0.2) is 0 Å². The number of carbonyl (C=O) groups is 1. The van der Waals surface area contributed by atoms with Gasteiger partial charge in [-0.2, -0.15) is 26.3 Å². The van der Waals surface area contributed by atoms with Crippen LogP contribution in [0, 0.1) is 0 Å². The fraction of sp³-hybridized carbons (Fsp3) is 0.133. The van der Waals surface area contributed by atoms with Gasteiger partial charge in [0.05, 0.1) is 27.4 Å². The lowest BCUT2D eigenvalue weighted by Gasteiger charge is -2.17. The van der Waals surface area contributed by atoms with E-state index >= 15 is 0 Å². The predicted molar refractivity (Wildman–Crippen MR) is 82.5 cm³/mol. The number of alkyl halides is 6. The maximum atomic E-state index is 13.0. The summed E-state index contributed by atoms with van der Waals surface area (Å²) in [6.45, 7) is 0. The van der Waals surface area contributed by atoms with Gasteiger partial charge in [-0.25, -0.2) is 0 Å². The van der Waals surface area contributed by atoms with Crippen molar-refractivity contribution in [1.29, 1.82) is 0 Å². The summed E-state index contributed by atoms with van der Waals surface area (Å²) >= 11 is 11.2. The molecular formula is C15H7Cl2F6NO2. The molecule has 2 aromatic rings. The molecule has 0 bridgehead atoms. The van der Waals surface area contributed by atoms with Crippen LogP contribution in [-0.4, -0.2) is 11.0 Å². The van der Waals surface area contributed by atoms with E-state index in [4.69, 9.17) is 23.2 Å². The number of nitrogens with one attached hydrogen (secondary N) is 1. The van der Waals surface area contributed by atoms with E-state index in [1.54, 1.807) is 0 Å². The molecular weight excluding hydrogens is 411 g/mol. The molecule has 0 unspecified atom stereocenters. The molecule has 2 aromatic carbocycles. The Kier molecular flexibility index (Phi) is 5.34. The zero-order valence-electron chi connectivity index (χ0n) is 12.3. The highest BCUT2D eigenvalue weighted by atomic mass is 35.5. The van der Waals surface area contributed by atoms with Crippen LogP contribution in [0.5, 0.6) is 5.75 Å². The summed E-state index contributed by atoms with van der Waals surface area (Å²) in [6, 6.07) is 3.35. The molecule has 2 rings (SSSR count). The number of anilines is 1. The van der Waals surface area contributed by atoms with Gasteiger partial charge in [-0.1, -0.05) is 23.2 Å². The summed E-state index contributed by atoms with van der Waals surface area (Å²) in [5, 5.41) is 10.3. The Morgan fingerprint density at radius 1 is 0.962 bits per heavy atom. The number of phenols is 1. The zero-order chi connectivity index (χ0) is 19.9. The van der Waals surface area contributed by atoms with Crippen molar-refractivity contribution in [1.82, 2.24) is 0 Å². The minimum Gasteiger partial charge on any atom is -0.507 e. The van der Waals surface area contributed by atoms with E-state index in [0.29, 0.717) is 0 Å². The molecule has 0 aliphatic carbocycles. The second-order valence-electron chi connectivity index (χ2n) is 5.00. The van der Waals surface area contributed by atoms with Crippen LogP contribution in [0.3, 0.4) is 0 Å². The van der Waals surface area contributed by atoms with Crippen LogP contribution >= 0.6 is 23.2 Å². The molecule has 0 fully saturated rings. The lowest BCUT2D eigenvalue weighted by Crippen LogP contribution is -2.17. The van der Waals surface area contributed by atoms with Crippen molar-refractivity contribution in [3.8, 4) is 5.75 Å². The van der Waals surface area contributed by atoms with Crippen molar-refractivity contribution in [3.63, 3.8) is 0 Å². The first-order valence-corrected chi connectivity index (χ1v) is 7.34. The monoisotopic (exact) mass is 417 g/mol. The van der Waals surface area contributed by atoms with Gasteiger partial charge in [0, 0.05) is 5.02 Å². The third kappa shape index (κ3) is 4.34. The Morgan fingerprint density at radius 3 is 2.12 bits per heavy atom. The number of hydrogen-bond acceptors (Lipinski definition) is 2. The molecule has 1 amide bonds. The Bertz CT molecular complexity index is 864. The number of aromatic hydroxyl groups is 1. The molecule has 0 heterocycles. The molecule has 0 spiro atoms. The highest BCUT2D eigenvalue weighted by Crippen LogP contribution is 2.43. The summed E-state index contributed by atoms with van der Waals surface area (Å²) in [6.07, 6.45) is -10.3. The zero-order valence-corrected chi connectivity index (χ0v) is 13.8. The van der Waals surface area contributed by atoms with Gasteiger partial charge in [0.1, 0.15) is 5.75 Å². The molecule has 140 valence electrons. The average Bonchev–Trinajstić information content (AvgIpc) is 2.49. The van der Waals surface area contributed by atoms with E-state index in [2.05, 4.69) is 0 Å². The highest BCUT2D eigenvalue weighted by molar-refractivity contribution is 6.35. The van der Waals surface area contributed by atoms with Gasteiger partial charge >= 0.3 is 12.4 Å². The number of amides is 1. The molecule has 0 atom stereocenters. The lowest BCUT2D eigenvalue weighted by atomic mass is 10.1. The number of rotatable bonds is 2. The molecule has 0 saturated carbocycles. The van der Waals surface area contributed by atoms with E-state index in [1.165, 1.54) is 6.07 Å². The normalized spacial score (nSPS) is 12.2. The molecule has 0 radical (unpaired) electrons. The average molecular weight is 418 g/mol. The topological polar surface area (TPSA) is 49.3 Å². The van der Waals surface area contributed by atoms with Crippen molar-refractivity contribution < 1.29 is 36.2 Å². The van der Waals surface area contributed by atoms with E-state index in [9.17, 15) is 36.2 Å². The van der Waals surface area contributed by atoms with Gasteiger partial charge < -0.3 is 10.4 Å². The summed E-state index contributed by atoms with van der Waals surface area (Å²) in [5.74, 6) is -1.77. The van der Waals surface area contributed by atoms with Crippen LogP contribution in [0.4, 0.5) is 32.0 Å². The Labute approximate surface area is 152 Å². The molecule has 26 heavy (non-hydrogen) atoms. The Morgan fingerprint density at radius 2 is 1.58 bits per heavy atom. The summed E-state index contributed by atoms with van der Waals surface area (Å²) in [7, 11) is 0. The van der Waals surface area contributed by atoms with Crippen molar-refractivity contribution in [2.45, 2.75) is 12.4 Å². The van der Waals surface area contributed by atoms with Crippen LogP contribution in [0.15, 0.2) is 30.3 Å². The standard InChI is InChI=1S/C15H7Cl2F6NO2/c16-7-1-2-11(25)8(5-7)13(26)24-10-4-6(14(18,19)20)3-9(12(10)17)15(21,22)23/h1-5,25H,(H,24,26). The van der Waals surface area contributed by atoms with Gasteiger partial charge in [0.25, 0.3) is 5.91 Å². The first kappa shape index (κ1) is 20.2. The molecule has 11 heteroatoms. The first-order chi connectivity index (χ1) is 11.8. The molecule has 2 N–H and O–H groups in total. The van der Waals surface area contributed by atoms with E-state index in [-0.39, 0.29) is 17.2 Å². The number of halogens is 8. The maximum absolute atomic E-state index is 13.0. The summed E-state index contributed by atoms with van der Waals surface area (Å²) < 4.78 is 77.5. The van der Waals surface area contributed by atoms with Crippen molar-refractivity contribution in [3.05, 3.63) is 57.1 Å². The van der Waals surface area contributed by atoms with E-state index in [0.717, 1.165) is 12.1 Å². The van der Waals surface area contributed by atoms with Crippen LogP contribution < -0.4 is 5.32 Å². The van der Waals surface area contributed by atoms with Crippen LogP contribution in [0.25, 0.3) is 0 Å². The largest absolute Gasteiger partial charge is 0.507 e. The second-order valence-corrected chi connectivity index (χ2v) is 5.81. The highest BCUT2D eigenvalue weighted by Gasteiger charge is 2.39. The molecule has 0 aliphatic rings. The maximum Gasteiger partial charge on any atom is 0.417 e. The van der Waals surface area contributed by atoms with Crippen molar-refractivity contribution in [2.75, 3.05) is 5.32 Å². The van der Waals surface area contributed by atoms with Crippen molar-refractivity contribution >= 4 is 34.8 Å². The molecule has 0 aliphatic heterocycles. The number of carbonyl (C=O) groups excluding carboxylic acids is 1. The molecule has 3 nitrogen and oxygen atoms in total. The van der Waals surface area contributed by atoms with Gasteiger partial charge in [-0.3, -0.25) is 4.79 Å². The number of hydrogen-bond donors (Lipinski definition) is 2. The van der Waals surface area contributed by atoms with Gasteiger partial charge in [-0.15, -0.1) is 0 Å². The first-order valence-electron chi connectivity index (χ1n) is 6.58. The van der Waals surface area contributed by atoms with Gasteiger partial charge in [0.2, 0.25) is 0 Å². The van der Waals surface area contributed by atoms with Crippen molar-refractivity contribution in [2.24, 2.45) is 0 Å². The van der Waals surface area contributed by atoms with Crippen LogP contribution in [0.1, 0.15) is 21.5 Å². The Hall–Kier alpha value is -2.13. The smallest absolute Gasteiger partial charge is 0.417 e. The van der Waals surface area contributed by atoms with Gasteiger partial charge in [-0.05, 0) is 30.3 Å². The Balaban J connectivity index is 2.55. The fourth-order valence-corrected chi connectivity index (χ4v) is 2.40. The third-order valence-corrected chi connectivity index (χ3v) is 3.80. The second kappa shape index (κ2) is 6.88. The summed E-state index contributed by atoms with van der Waals surface area (Å²) in [4.78, 5) is 12.1. The number of phenolic OH excluding ortho intramolecular Hbond substituents is 1. The third-order valence-electron chi connectivity index (χ3n) is 3.16. The van der Waals surface area contributed by atoms with E-state index < -0.39 is 51.4 Å². The number of benzene rings is 2. The summed E-state index contributed by atoms with van der Waals surface area (Å²) in [5.41, 5.74) is -4.79. The SMILES string of the molecule is O=C(Nc1cc(C(F)(F)F)cc(C(F)(F)F)c1Cl)c1cc(Cl)ccc1O. The minimum atomic E-state index is -5.18. The minimum absolute atomic E-state index is 0.0130. The van der Waals surface area contributed by atoms with Crippen LogP contribution in [0.2, 0.25) is 10.0 Å². The quantitative estimate of drug-likeness (QED) is 0.589. The lowest BCUT2D eigenvalue weighted by molar-refractivity contribution is -0.142. The van der Waals surface area contributed by atoms with Crippen LogP contribution in [-0.2, 0) is 12.4 Å². The molecule has 0 saturated heterocycles.